The fraction of sp³-hybridized carbons (Fsp3) is 0.105. The summed E-state index contributed by atoms with van der Waals surface area (Å²) in [5.74, 6) is -0.312. The Bertz CT molecular complexity index is 971. The third-order valence-electron chi connectivity index (χ3n) is 3.98. The summed E-state index contributed by atoms with van der Waals surface area (Å²) in [6.07, 6.45) is 2.56. The molecule has 2 amide bonds. The molecule has 130 valence electrons. The topological polar surface area (TPSA) is 71.1 Å². The van der Waals surface area contributed by atoms with Crippen molar-refractivity contribution in [1.29, 1.82) is 0 Å². The first-order valence-corrected chi connectivity index (χ1v) is 9.78. The number of carbonyl (C=O) groups excluding carboxylic acids is 2. The van der Waals surface area contributed by atoms with Crippen LogP contribution < -0.4 is 10.6 Å². The molecule has 1 aromatic heterocycles. The zero-order chi connectivity index (χ0) is 17.9. The van der Waals surface area contributed by atoms with E-state index >= 15 is 0 Å². The van der Waals surface area contributed by atoms with Crippen molar-refractivity contribution in [3.05, 3.63) is 70.2 Å². The summed E-state index contributed by atoms with van der Waals surface area (Å²) >= 11 is 3.10. The van der Waals surface area contributed by atoms with Gasteiger partial charge in [-0.3, -0.25) is 14.6 Å². The Morgan fingerprint density at radius 1 is 1.15 bits per heavy atom. The maximum Gasteiger partial charge on any atom is 0.256 e. The summed E-state index contributed by atoms with van der Waals surface area (Å²) in [4.78, 5) is 31.8. The molecular weight excluding hydrogens is 366 g/mol. The van der Waals surface area contributed by atoms with E-state index in [9.17, 15) is 9.59 Å². The van der Waals surface area contributed by atoms with Crippen LogP contribution in [-0.4, -0.2) is 23.3 Å². The number of aromatic nitrogens is 1. The van der Waals surface area contributed by atoms with Crippen molar-refractivity contribution >= 4 is 40.6 Å². The van der Waals surface area contributed by atoms with E-state index in [1.807, 2.05) is 30.5 Å². The van der Waals surface area contributed by atoms with Gasteiger partial charge in [0, 0.05) is 39.4 Å². The minimum absolute atomic E-state index is 0.154. The van der Waals surface area contributed by atoms with E-state index in [0.717, 1.165) is 21.1 Å². The Balaban J connectivity index is 1.49. The van der Waals surface area contributed by atoms with E-state index in [2.05, 4.69) is 15.6 Å². The fourth-order valence-electron chi connectivity index (χ4n) is 2.68. The molecule has 0 saturated heterocycles. The molecule has 5 nitrogen and oxygen atoms in total. The van der Waals surface area contributed by atoms with E-state index in [-0.39, 0.29) is 11.8 Å². The van der Waals surface area contributed by atoms with Crippen LogP contribution in [-0.2, 0) is 6.42 Å². The van der Waals surface area contributed by atoms with Gasteiger partial charge in [-0.2, -0.15) is 0 Å². The lowest BCUT2D eigenvalue weighted by Gasteiger charge is -2.09. The zero-order valence-electron chi connectivity index (χ0n) is 13.7. The van der Waals surface area contributed by atoms with Gasteiger partial charge in [-0.05, 0) is 30.3 Å². The number of hydrogen-bond donors (Lipinski definition) is 2. The van der Waals surface area contributed by atoms with Crippen LogP contribution in [0.5, 0.6) is 0 Å². The first kappa shape index (κ1) is 16.8. The predicted molar refractivity (Wildman–Crippen MR) is 103 cm³/mol. The second kappa shape index (κ2) is 7.31. The Labute approximate surface area is 158 Å². The monoisotopic (exact) mass is 381 g/mol. The van der Waals surface area contributed by atoms with Crippen LogP contribution in [0.3, 0.4) is 0 Å². The molecule has 2 N–H and O–H groups in total. The van der Waals surface area contributed by atoms with E-state index < -0.39 is 0 Å². The van der Waals surface area contributed by atoms with Crippen molar-refractivity contribution < 1.29 is 9.59 Å². The standard InChI is InChI=1S/C19H15N3O2S2/c23-18(21-8-7-13-10-20-11-25-13)12-5-6-17-15(9-12)22-19(24)14-3-1-2-4-16(14)26-17/h1-6,9-11H,7-8H2,(H,21,23)(H,22,24). The number of fused-ring (bicyclic) bond motifs is 2. The number of hydrogen-bond acceptors (Lipinski definition) is 5. The Kier molecular flexibility index (Phi) is 4.73. The molecule has 1 aliphatic rings. The van der Waals surface area contributed by atoms with Gasteiger partial charge in [0.2, 0.25) is 0 Å². The maximum absolute atomic E-state index is 12.4. The van der Waals surface area contributed by atoms with Crippen molar-refractivity contribution in [3.63, 3.8) is 0 Å². The number of nitrogens with one attached hydrogen (secondary N) is 2. The lowest BCUT2D eigenvalue weighted by atomic mass is 10.1. The van der Waals surface area contributed by atoms with Crippen LogP contribution in [0.4, 0.5) is 5.69 Å². The molecule has 0 radical (unpaired) electrons. The van der Waals surface area contributed by atoms with Gasteiger partial charge in [-0.15, -0.1) is 11.3 Å². The Morgan fingerprint density at radius 2 is 2.04 bits per heavy atom. The van der Waals surface area contributed by atoms with Gasteiger partial charge < -0.3 is 10.6 Å². The molecule has 2 aromatic carbocycles. The van der Waals surface area contributed by atoms with Gasteiger partial charge in [-0.1, -0.05) is 23.9 Å². The van der Waals surface area contributed by atoms with Crippen molar-refractivity contribution in [3.8, 4) is 0 Å². The summed E-state index contributed by atoms with van der Waals surface area (Å²) < 4.78 is 0. The second-order valence-corrected chi connectivity index (χ2v) is 7.79. The van der Waals surface area contributed by atoms with E-state index in [1.54, 1.807) is 35.0 Å². The van der Waals surface area contributed by atoms with Crippen LogP contribution in [0.25, 0.3) is 0 Å². The molecule has 0 atom stereocenters. The number of amides is 2. The summed E-state index contributed by atoms with van der Waals surface area (Å²) in [5, 5.41) is 5.81. The highest BCUT2D eigenvalue weighted by Crippen LogP contribution is 2.38. The third-order valence-corrected chi connectivity index (χ3v) is 5.97. The van der Waals surface area contributed by atoms with Crippen LogP contribution in [0, 0.1) is 0 Å². The van der Waals surface area contributed by atoms with Gasteiger partial charge >= 0.3 is 0 Å². The maximum atomic E-state index is 12.4. The van der Waals surface area contributed by atoms with Crippen molar-refractivity contribution in [2.45, 2.75) is 16.2 Å². The highest BCUT2D eigenvalue weighted by Gasteiger charge is 2.20. The molecule has 0 spiro atoms. The molecule has 2 heterocycles. The summed E-state index contributed by atoms with van der Waals surface area (Å²) in [6, 6.07) is 12.9. The quantitative estimate of drug-likeness (QED) is 0.720. The summed E-state index contributed by atoms with van der Waals surface area (Å²) in [5.41, 5.74) is 3.61. The SMILES string of the molecule is O=C(NCCc1cncs1)c1ccc2c(c1)NC(=O)c1ccccc1S2. The van der Waals surface area contributed by atoms with Crippen LogP contribution in [0.2, 0.25) is 0 Å². The van der Waals surface area contributed by atoms with Gasteiger partial charge in [0.25, 0.3) is 11.8 Å². The van der Waals surface area contributed by atoms with Crippen molar-refractivity contribution in [1.82, 2.24) is 10.3 Å². The predicted octanol–water partition coefficient (Wildman–Crippen LogP) is 3.83. The number of rotatable bonds is 4. The highest BCUT2D eigenvalue weighted by molar-refractivity contribution is 7.99. The van der Waals surface area contributed by atoms with Crippen molar-refractivity contribution in [2.75, 3.05) is 11.9 Å². The number of benzene rings is 2. The molecule has 4 rings (SSSR count). The molecule has 7 heteroatoms. The smallest absolute Gasteiger partial charge is 0.256 e. The summed E-state index contributed by atoms with van der Waals surface area (Å²) in [6.45, 7) is 0.546. The van der Waals surface area contributed by atoms with E-state index in [0.29, 0.717) is 23.4 Å². The van der Waals surface area contributed by atoms with Gasteiger partial charge in [0.1, 0.15) is 0 Å². The molecule has 0 aliphatic carbocycles. The number of nitrogens with zero attached hydrogens (tertiary/aromatic N) is 1. The number of thiazole rings is 1. The minimum atomic E-state index is -0.158. The van der Waals surface area contributed by atoms with Gasteiger partial charge in [-0.25, -0.2) is 0 Å². The average molecular weight is 381 g/mol. The Morgan fingerprint density at radius 3 is 2.88 bits per heavy atom. The molecule has 26 heavy (non-hydrogen) atoms. The number of anilines is 1. The molecule has 0 unspecified atom stereocenters. The van der Waals surface area contributed by atoms with Crippen LogP contribution in [0.1, 0.15) is 25.6 Å². The normalized spacial score (nSPS) is 12.5. The van der Waals surface area contributed by atoms with Gasteiger partial charge in [0.05, 0.1) is 16.8 Å². The highest BCUT2D eigenvalue weighted by atomic mass is 32.2. The van der Waals surface area contributed by atoms with E-state index in [1.165, 1.54) is 11.8 Å². The first-order valence-electron chi connectivity index (χ1n) is 8.08. The molecule has 0 saturated carbocycles. The van der Waals surface area contributed by atoms with Crippen molar-refractivity contribution in [2.24, 2.45) is 0 Å². The minimum Gasteiger partial charge on any atom is -0.352 e. The van der Waals surface area contributed by atoms with E-state index in [4.69, 9.17) is 0 Å². The average Bonchev–Trinajstić information content (AvgIpc) is 3.12. The van der Waals surface area contributed by atoms with Gasteiger partial charge in [0.15, 0.2) is 0 Å². The number of carbonyl (C=O) groups is 2. The zero-order valence-corrected chi connectivity index (χ0v) is 15.3. The fourth-order valence-corrected chi connectivity index (χ4v) is 4.29. The largest absolute Gasteiger partial charge is 0.352 e. The lowest BCUT2D eigenvalue weighted by Crippen LogP contribution is -2.25. The summed E-state index contributed by atoms with van der Waals surface area (Å²) in [7, 11) is 0. The van der Waals surface area contributed by atoms with Crippen LogP contribution in [0.15, 0.2) is 64.0 Å². The lowest BCUT2D eigenvalue weighted by molar-refractivity contribution is 0.0952. The molecule has 0 fully saturated rings. The molecule has 1 aliphatic heterocycles. The second-order valence-electron chi connectivity index (χ2n) is 5.74. The molecular formula is C19H15N3O2S2. The first-order chi connectivity index (χ1) is 12.7. The molecule has 3 aromatic rings. The Hall–Kier alpha value is -2.64. The molecule has 0 bridgehead atoms. The third kappa shape index (κ3) is 3.49. The van der Waals surface area contributed by atoms with Crippen LogP contribution >= 0.6 is 23.1 Å².